The fourth-order valence-electron chi connectivity index (χ4n) is 4.73. The standard InChI is InChI=1S/C20H25N3O2/c1-22-14-21-13-18(22)19(24)23-12-11-20(25,15-7-3-2-4-8-15)16-9-5-6-10-17(16)23/h2-4,7-8,13-14,16-17,25H,5-6,9-12H2,1H3/t16-,17+,20-/m0/s1. The number of carbonyl (C=O) groups excluding carboxylic acids is 1. The van der Waals surface area contributed by atoms with Crippen molar-refractivity contribution in [3.8, 4) is 0 Å². The van der Waals surface area contributed by atoms with Crippen LogP contribution in [0.15, 0.2) is 42.9 Å². The third-order valence-corrected chi connectivity index (χ3v) is 6.05. The van der Waals surface area contributed by atoms with Crippen molar-refractivity contribution in [1.29, 1.82) is 0 Å². The lowest BCUT2D eigenvalue weighted by molar-refractivity contribution is -0.110. The molecule has 0 bridgehead atoms. The van der Waals surface area contributed by atoms with Gasteiger partial charge in [-0.2, -0.15) is 0 Å². The first-order chi connectivity index (χ1) is 12.1. The molecular weight excluding hydrogens is 314 g/mol. The summed E-state index contributed by atoms with van der Waals surface area (Å²) in [5.41, 5.74) is 0.768. The van der Waals surface area contributed by atoms with E-state index >= 15 is 0 Å². The molecule has 1 saturated heterocycles. The van der Waals surface area contributed by atoms with Crippen LogP contribution >= 0.6 is 0 Å². The summed E-state index contributed by atoms with van der Waals surface area (Å²) in [6.45, 7) is 0.580. The number of hydrogen-bond donors (Lipinski definition) is 1. The molecule has 1 aromatic carbocycles. The molecule has 1 aromatic heterocycles. The van der Waals surface area contributed by atoms with Crippen LogP contribution < -0.4 is 0 Å². The number of benzene rings is 1. The highest BCUT2D eigenvalue weighted by molar-refractivity contribution is 5.92. The molecule has 5 heteroatoms. The Labute approximate surface area is 148 Å². The van der Waals surface area contributed by atoms with Crippen LogP contribution in [0.1, 0.15) is 48.2 Å². The Balaban J connectivity index is 1.67. The molecule has 5 nitrogen and oxygen atoms in total. The summed E-state index contributed by atoms with van der Waals surface area (Å²) in [6.07, 6.45) is 8.04. The summed E-state index contributed by atoms with van der Waals surface area (Å²) in [5, 5.41) is 11.6. The fraction of sp³-hybridized carbons (Fsp3) is 0.500. The number of rotatable bonds is 2. The molecule has 1 aliphatic carbocycles. The van der Waals surface area contributed by atoms with Gasteiger partial charge < -0.3 is 14.6 Å². The smallest absolute Gasteiger partial charge is 0.272 e. The fourth-order valence-corrected chi connectivity index (χ4v) is 4.73. The molecule has 1 N–H and O–H groups in total. The van der Waals surface area contributed by atoms with Gasteiger partial charge in [-0.1, -0.05) is 43.2 Å². The molecule has 1 aliphatic heterocycles. The van der Waals surface area contributed by atoms with E-state index in [1.54, 1.807) is 17.1 Å². The molecule has 0 spiro atoms. The van der Waals surface area contributed by atoms with E-state index in [1.165, 1.54) is 0 Å². The minimum absolute atomic E-state index is 0.0343. The van der Waals surface area contributed by atoms with Gasteiger partial charge in [0.05, 0.1) is 18.1 Å². The number of aliphatic hydroxyl groups is 1. The van der Waals surface area contributed by atoms with Gasteiger partial charge in [0.2, 0.25) is 0 Å². The molecule has 0 radical (unpaired) electrons. The quantitative estimate of drug-likeness (QED) is 0.915. The Hall–Kier alpha value is -2.14. The number of imidazole rings is 1. The molecule has 2 heterocycles. The van der Waals surface area contributed by atoms with Crippen molar-refractivity contribution >= 4 is 5.91 Å². The second-order valence-corrected chi connectivity index (χ2v) is 7.39. The molecule has 2 aliphatic rings. The van der Waals surface area contributed by atoms with Crippen LogP contribution in [0.4, 0.5) is 0 Å². The Morgan fingerprint density at radius 3 is 2.72 bits per heavy atom. The zero-order valence-corrected chi connectivity index (χ0v) is 14.6. The van der Waals surface area contributed by atoms with E-state index in [-0.39, 0.29) is 17.9 Å². The van der Waals surface area contributed by atoms with Gasteiger partial charge in [-0.25, -0.2) is 4.98 Å². The zero-order valence-electron chi connectivity index (χ0n) is 14.6. The van der Waals surface area contributed by atoms with Crippen molar-refractivity contribution in [2.24, 2.45) is 13.0 Å². The Morgan fingerprint density at radius 1 is 1.24 bits per heavy atom. The maximum atomic E-state index is 13.1. The highest BCUT2D eigenvalue weighted by atomic mass is 16.3. The van der Waals surface area contributed by atoms with Crippen molar-refractivity contribution < 1.29 is 9.90 Å². The Kier molecular flexibility index (Phi) is 4.12. The van der Waals surface area contributed by atoms with Crippen LogP contribution in [0.3, 0.4) is 0 Å². The van der Waals surface area contributed by atoms with E-state index in [0.717, 1.165) is 31.2 Å². The normalized spacial score (nSPS) is 29.3. The first-order valence-corrected chi connectivity index (χ1v) is 9.16. The summed E-state index contributed by atoms with van der Waals surface area (Å²) >= 11 is 0. The van der Waals surface area contributed by atoms with Crippen LogP contribution in [0, 0.1) is 5.92 Å². The molecular formula is C20H25N3O2. The Bertz CT molecular complexity index is 757. The van der Waals surface area contributed by atoms with Gasteiger partial charge >= 0.3 is 0 Å². The number of amides is 1. The molecule has 132 valence electrons. The highest BCUT2D eigenvalue weighted by Gasteiger charge is 2.50. The minimum Gasteiger partial charge on any atom is -0.385 e. The second kappa shape index (κ2) is 6.30. The average Bonchev–Trinajstić information content (AvgIpc) is 3.08. The third-order valence-electron chi connectivity index (χ3n) is 6.05. The molecule has 0 unspecified atom stereocenters. The number of likely N-dealkylation sites (tertiary alicyclic amines) is 1. The van der Waals surface area contributed by atoms with E-state index in [9.17, 15) is 9.90 Å². The lowest BCUT2D eigenvalue weighted by Crippen LogP contribution is -2.59. The lowest BCUT2D eigenvalue weighted by Gasteiger charge is -2.52. The maximum Gasteiger partial charge on any atom is 0.272 e. The van der Waals surface area contributed by atoms with Crippen molar-refractivity contribution in [3.05, 3.63) is 54.1 Å². The molecule has 1 amide bonds. The highest BCUT2D eigenvalue weighted by Crippen LogP contribution is 2.47. The Morgan fingerprint density at radius 2 is 2.00 bits per heavy atom. The van der Waals surface area contributed by atoms with Gasteiger partial charge in [0.25, 0.3) is 5.91 Å². The maximum absolute atomic E-state index is 13.1. The molecule has 4 rings (SSSR count). The van der Waals surface area contributed by atoms with Crippen LogP contribution in [0.5, 0.6) is 0 Å². The predicted octanol–water partition coefficient (Wildman–Crippen LogP) is 2.71. The summed E-state index contributed by atoms with van der Waals surface area (Å²) in [5.74, 6) is 0.126. The zero-order chi connectivity index (χ0) is 17.4. The van der Waals surface area contributed by atoms with E-state index in [1.807, 2.05) is 42.3 Å². The van der Waals surface area contributed by atoms with Crippen LogP contribution in [-0.2, 0) is 12.6 Å². The SMILES string of the molecule is Cn1cncc1C(=O)N1CC[C@](O)(c2ccccc2)[C@H]2CCCC[C@H]21. The summed E-state index contributed by atoms with van der Waals surface area (Å²) in [4.78, 5) is 19.1. The number of hydrogen-bond acceptors (Lipinski definition) is 3. The van der Waals surface area contributed by atoms with E-state index in [4.69, 9.17) is 0 Å². The number of fused-ring (bicyclic) bond motifs is 1. The molecule has 3 atom stereocenters. The van der Waals surface area contributed by atoms with Gasteiger partial charge in [0.15, 0.2) is 0 Å². The van der Waals surface area contributed by atoms with Crippen LogP contribution in [0.2, 0.25) is 0 Å². The summed E-state index contributed by atoms with van der Waals surface area (Å²) in [7, 11) is 1.85. The summed E-state index contributed by atoms with van der Waals surface area (Å²) < 4.78 is 1.78. The molecule has 1 saturated carbocycles. The third kappa shape index (κ3) is 2.67. The van der Waals surface area contributed by atoms with Gasteiger partial charge in [-0.3, -0.25) is 4.79 Å². The number of nitrogens with zero attached hydrogens (tertiary/aromatic N) is 3. The number of piperidine rings is 1. The molecule has 2 fully saturated rings. The number of carbonyl (C=O) groups is 1. The first-order valence-electron chi connectivity index (χ1n) is 9.16. The molecule has 25 heavy (non-hydrogen) atoms. The van der Waals surface area contributed by atoms with Crippen LogP contribution in [-0.4, -0.2) is 38.1 Å². The van der Waals surface area contributed by atoms with E-state index in [2.05, 4.69) is 4.98 Å². The number of aromatic nitrogens is 2. The first kappa shape index (κ1) is 16.3. The summed E-state index contributed by atoms with van der Waals surface area (Å²) in [6, 6.07) is 10.1. The predicted molar refractivity (Wildman–Crippen MR) is 94.9 cm³/mol. The minimum atomic E-state index is -0.838. The topological polar surface area (TPSA) is 58.4 Å². The van der Waals surface area contributed by atoms with Crippen molar-refractivity contribution in [2.45, 2.75) is 43.7 Å². The average molecular weight is 339 g/mol. The van der Waals surface area contributed by atoms with Crippen LogP contribution in [0.25, 0.3) is 0 Å². The van der Waals surface area contributed by atoms with Crippen molar-refractivity contribution in [3.63, 3.8) is 0 Å². The lowest BCUT2D eigenvalue weighted by atomic mass is 9.66. The van der Waals surface area contributed by atoms with Gasteiger partial charge in [0.1, 0.15) is 5.69 Å². The van der Waals surface area contributed by atoms with E-state index < -0.39 is 5.60 Å². The van der Waals surface area contributed by atoms with Crippen molar-refractivity contribution in [2.75, 3.05) is 6.54 Å². The van der Waals surface area contributed by atoms with E-state index in [0.29, 0.717) is 18.7 Å². The van der Waals surface area contributed by atoms with Gasteiger partial charge in [-0.05, 0) is 24.8 Å². The largest absolute Gasteiger partial charge is 0.385 e. The van der Waals surface area contributed by atoms with Gasteiger partial charge in [0, 0.05) is 25.6 Å². The van der Waals surface area contributed by atoms with Crippen molar-refractivity contribution in [1.82, 2.24) is 14.5 Å². The molecule has 2 aromatic rings. The van der Waals surface area contributed by atoms with Gasteiger partial charge in [-0.15, -0.1) is 0 Å². The second-order valence-electron chi connectivity index (χ2n) is 7.39. The monoisotopic (exact) mass is 339 g/mol. The number of aryl methyl sites for hydroxylation is 1.